The second kappa shape index (κ2) is 7.64. The summed E-state index contributed by atoms with van der Waals surface area (Å²) in [5, 5.41) is 9.68. The zero-order chi connectivity index (χ0) is 19.8. The summed E-state index contributed by atoms with van der Waals surface area (Å²) in [5.41, 5.74) is -0.952. The van der Waals surface area contributed by atoms with Crippen LogP contribution in [0.3, 0.4) is 0 Å². The molecule has 27 heavy (non-hydrogen) atoms. The van der Waals surface area contributed by atoms with Crippen molar-refractivity contribution in [3.05, 3.63) is 51.3 Å². The minimum absolute atomic E-state index is 0.0164. The Balaban J connectivity index is 1.76. The summed E-state index contributed by atoms with van der Waals surface area (Å²) in [6.07, 6.45) is -3.80. The van der Waals surface area contributed by atoms with Crippen LogP contribution in [0.15, 0.2) is 40.1 Å². The number of benzene rings is 1. The summed E-state index contributed by atoms with van der Waals surface area (Å²) >= 11 is 9.77. The Hall–Kier alpha value is -1.85. The number of fused-ring (bicyclic) bond motifs is 1. The maximum atomic E-state index is 13.7. The van der Waals surface area contributed by atoms with Crippen LogP contribution in [0.4, 0.5) is 23.2 Å². The number of rotatable bonds is 4. The standard InChI is InChI=1S/C15H8BrClF4N4OS/c16-8-1-2-11(10(18)4-8)22-12(26)6-27-14-24-23-13-9(17)3-7(5-25(13)14)15(19,20)21/h1-5H,6H2,(H,22,26). The Bertz CT molecular complexity index is 1030. The first-order valence-electron chi connectivity index (χ1n) is 7.14. The molecule has 142 valence electrons. The monoisotopic (exact) mass is 482 g/mol. The molecule has 0 spiro atoms. The lowest BCUT2D eigenvalue weighted by molar-refractivity contribution is -0.137. The number of nitrogens with one attached hydrogen (secondary N) is 1. The van der Waals surface area contributed by atoms with Gasteiger partial charge >= 0.3 is 6.18 Å². The molecule has 0 aliphatic carbocycles. The molecule has 1 amide bonds. The van der Waals surface area contributed by atoms with Crippen LogP contribution in [0.5, 0.6) is 0 Å². The van der Waals surface area contributed by atoms with E-state index < -0.39 is 23.5 Å². The van der Waals surface area contributed by atoms with E-state index in [1.165, 1.54) is 12.1 Å². The van der Waals surface area contributed by atoms with Gasteiger partial charge in [0.1, 0.15) is 5.82 Å². The summed E-state index contributed by atoms with van der Waals surface area (Å²) in [6.45, 7) is 0. The number of aromatic nitrogens is 3. The third kappa shape index (κ3) is 4.53. The highest BCUT2D eigenvalue weighted by molar-refractivity contribution is 9.10. The number of pyridine rings is 1. The molecule has 0 atom stereocenters. The van der Waals surface area contributed by atoms with Crippen molar-refractivity contribution in [2.24, 2.45) is 0 Å². The Morgan fingerprint density at radius 2 is 2.04 bits per heavy atom. The van der Waals surface area contributed by atoms with Crippen molar-refractivity contribution in [3.8, 4) is 0 Å². The van der Waals surface area contributed by atoms with E-state index in [-0.39, 0.29) is 27.3 Å². The zero-order valence-corrected chi connectivity index (χ0v) is 16.2. The SMILES string of the molecule is O=C(CSc1nnc2c(Cl)cc(C(F)(F)F)cn12)Nc1ccc(Br)cc1F. The molecule has 0 aliphatic heterocycles. The van der Waals surface area contributed by atoms with Crippen LogP contribution in [0.2, 0.25) is 5.02 Å². The molecule has 5 nitrogen and oxygen atoms in total. The molecule has 3 aromatic rings. The highest BCUT2D eigenvalue weighted by Gasteiger charge is 2.32. The number of hydrogen-bond acceptors (Lipinski definition) is 4. The van der Waals surface area contributed by atoms with Crippen LogP contribution in [-0.4, -0.2) is 26.3 Å². The molecular formula is C15H8BrClF4N4OS. The van der Waals surface area contributed by atoms with Gasteiger partial charge in [-0.3, -0.25) is 9.20 Å². The molecule has 12 heteroatoms. The van der Waals surface area contributed by atoms with E-state index in [1.54, 1.807) is 6.07 Å². The van der Waals surface area contributed by atoms with Crippen molar-refractivity contribution in [3.63, 3.8) is 0 Å². The molecule has 0 aliphatic rings. The van der Waals surface area contributed by atoms with Crippen LogP contribution >= 0.6 is 39.3 Å². The van der Waals surface area contributed by atoms with Gasteiger partial charge in [0.2, 0.25) is 5.91 Å². The summed E-state index contributed by atoms with van der Waals surface area (Å²) in [7, 11) is 0. The average Bonchev–Trinajstić information content (AvgIpc) is 2.98. The second-order valence-electron chi connectivity index (χ2n) is 5.21. The smallest absolute Gasteiger partial charge is 0.323 e. The van der Waals surface area contributed by atoms with Crippen molar-refractivity contribution in [1.82, 2.24) is 14.6 Å². The molecule has 0 bridgehead atoms. The lowest BCUT2D eigenvalue weighted by atomic mass is 10.3. The lowest BCUT2D eigenvalue weighted by Gasteiger charge is -2.09. The van der Waals surface area contributed by atoms with Gasteiger partial charge in [-0.05, 0) is 24.3 Å². The fourth-order valence-electron chi connectivity index (χ4n) is 2.09. The van der Waals surface area contributed by atoms with Gasteiger partial charge in [0.15, 0.2) is 10.8 Å². The highest BCUT2D eigenvalue weighted by atomic mass is 79.9. The summed E-state index contributed by atoms with van der Waals surface area (Å²) < 4.78 is 54.1. The first kappa shape index (κ1) is 19.9. The number of thioether (sulfide) groups is 1. The Morgan fingerprint density at radius 3 is 2.70 bits per heavy atom. The van der Waals surface area contributed by atoms with Gasteiger partial charge in [0.25, 0.3) is 0 Å². The molecule has 0 saturated carbocycles. The number of nitrogens with zero attached hydrogens (tertiary/aromatic N) is 3. The predicted octanol–water partition coefficient (Wildman–Crippen LogP) is 5.03. The summed E-state index contributed by atoms with van der Waals surface area (Å²) in [5.74, 6) is -1.40. The van der Waals surface area contributed by atoms with Gasteiger partial charge in [0.05, 0.1) is 22.0 Å². The van der Waals surface area contributed by atoms with E-state index in [0.717, 1.165) is 28.4 Å². The molecule has 1 aromatic carbocycles. The van der Waals surface area contributed by atoms with Crippen LogP contribution < -0.4 is 5.32 Å². The highest BCUT2D eigenvalue weighted by Crippen LogP contribution is 2.33. The van der Waals surface area contributed by atoms with E-state index in [9.17, 15) is 22.4 Å². The van der Waals surface area contributed by atoms with Gasteiger partial charge in [-0.25, -0.2) is 4.39 Å². The number of amides is 1. The van der Waals surface area contributed by atoms with Gasteiger partial charge in [-0.1, -0.05) is 39.3 Å². The van der Waals surface area contributed by atoms with Gasteiger partial charge in [-0.2, -0.15) is 13.2 Å². The van der Waals surface area contributed by atoms with E-state index in [0.29, 0.717) is 4.47 Å². The van der Waals surface area contributed by atoms with Gasteiger partial charge < -0.3 is 5.32 Å². The number of carbonyl (C=O) groups excluding carboxylic acids is 1. The van der Waals surface area contributed by atoms with E-state index in [2.05, 4.69) is 31.4 Å². The number of carbonyl (C=O) groups is 1. The number of anilines is 1. The molecule has 2 aromatic heterocycles. The number of halogens is 6. The van der Waals surface area contributed by atoms with Crippen LogP contribution in [-0.2, 0) is 11.0 Å². The van der Waals surface area contributed by atoms with Crippen molar-refractivity contribution in [1.29, 1.82) is 0 Å². The van der Waals surface area contributed by atoms with Crippen molar-refractivity contribution in [2.45, 2.75) is 11.3 Å². The minimum Gasteiger partial charge on any atom is -0.323 e. The fourth-order valence-corrected chi connectivity index (χ4v) is 3.38. The Labute approximate surface area is 167 Å². The molecule has 0 unspecified atom stereocenters. The maximum Gasteiger partial charge on any atom is 0.417 e. The van der Waals surface area contributed by atoms with Crippen LogP contribution in [0, 0.1) is 5.82 Å². The van der Waals surface area contributed by atoms with Crippen LogP contribution in [0.25, 0.3) is 5.65 Å². The zero-order valence-electron chi connectivity index (χ0n) is 13.0. The van der Waals surface area contributed by atoms with Crippen molar-refractivity contribution >= 4 is 56.5 Å². The van der Waals surface area contributed by atoms with Crippen molar-refractivity contribution < 1.29 is 22.4 Å². The third-order valence-electron chi connectivity index (χ3n) is 3.29. The molecule has 1 N–H and O–H groups in total. The maximum absolute atomic E-state index is 13.7. The van der Waals surface area contributed by atoms with E-state index in [1.807, 2.05) is 0 Å². The molecule has 3 rings (SSSR count). The summed E-state index contributed by atoms with van der Waals surface area (Å²) in [6, 6.07) is 4.88. The van der Waals surface area contributed by atoms with E-state index in [4.69, 9.17) is 11.6 Å². The molecular weight excluding hydrogens is 476 g/mol. The summed E-state index contributed by atoms with van der Waals surface area (Å²) in [4.78, 5) is 12.0. The minimum atomic E-state index is -4.60. The van der Waals surface area contributed by atoms with E-state index >= 15 is 0 Å². The third-order valence-corrected chi connectivity index (χ3v) is 5.01. The largest absolute Gasteiger partial charge is 0.417 e. The topological polar surface area (TPSA) is 59.3 Å². The quantitative estimate of drug-likeness (QED) is 0.418. The Morgan fingerprint density at radius 1 is 1.30 bits per heavy atom. The predicted molar refractivity (Wildman–Crippen MR) is 96.5 cm³/mol. The molecule has 0 saturated heterocycles. The first-order chi connectivity index (χ1) is 12.6. The van der Waals surface area contributed by atoms with Crippen LogP contribution in [0.1, 0.15) is 5.56 Å². The molecule has 2 heterocycles. The number of alkyl halides is 3. The number of hydrogen-bond donors (Lipinski definition) is 1. The Kier molecular flexibility index (Phi) is 5.63. The normalized spacial score (nSPS) is 11.8. The first-order valence-corrected chi connectivity index (χ1v) is 9.30. The van der Waals surface area contributed by atoms with Crippen molar-refractivity contribution in [2.75, 3.05) is 11.1 Å². The average molecular weight is 484 g/mol. The van der Waals surface area contributed by atoms with Gasteiger partial charge in [-0.15, -0.1) is 10.2 Å². The molecule has 0 fully saturated rings. The molecule has 0 radical (unpaired) electrons. The fraction of sp³-hybridized carbons (Fsp3) is 0.133. The second-order valence-corrected chi connectivity index (χ2v) is 7.48. The van der Waals surface area contributed by atoms with Gasteiger partial charge in [0, 0.05) is 10.7 Å². The lowest BCUT2D eigenvalue weighted by Crippen LogP contribution is -2.15.